The van der Waals surface area contributed by atoms with E-state index in [0.29, 0.717) is 0 Å². The smallest absolute Gasteiger partial charge is 0.0776 e. The van der Waals surface area contributed by atoms with Crippen LogP contribution in [0.25, 0.3) is 31.4 Å². The Kier molecular flexibility index (Phi) is 4.40. The first-order chi connectivity index (χ1) is 13.5. The average Bonchev–Trinajstić information content (AvgIpc) is 3.34. The Labute approximate surface area is 172 Å². The van der Waals surface area contributed by atoms with E-state index in [1.165, 1.54) is 62.2 Å². The highest BCUT2D eigenvalue weighted by Gasteiger charge is 2.20. The highest BCUT2D eigenvalue weighted by atomic mass is 32.1. The van der Waals surface area contributed by atoms with Gasteiger partial charge < -0.3 is 0 Å². The number of pyridine rings is 1. The molecule has 1 fully saturated rings. The Hall–Kier alpha value is -1.97. The molecule has 0 aliphatic heterocycles. The molecule has 4 aromatic rings. The first-order valence-corrected chi connectivity index (χ1v) is 14.7. The largest absolute Gasteiger partial charge is 0.256 e. The maximum atomic E-state index is 4.77. The number of thiophene rings is 1. The van der Waals surface area contributed by atoms with Crippen LogP contribution in [0, 0.1) is 0 Å². The van der Waals surface area contributed by atoms with Crippen molar-refractivity contribution in [3.63, 3.8) is 0 Å². The molecule has 0 spiro atoms. The van der Waals surface area contributed by atoms with Gasteiger partial charge in [-0.1, -0.05) is 68.0 Å². The van der Waals surface area contributed by atoms with E-state index in [-0.39, 0.29) is 0 Å². The molecule has 1 nitrogen and oxygen atoms in total. The molecule has 2 aromatic carbocycles. The van der Waals surface area contributed by atoms with Gasteiger partial charge >= 0.3 is 0 Å². The van der Waals surface area contributed by atoms with Crippen molar-refractivity contribution in [1.82, 2.24) is 4.98 Å². The van der Waals surface area contributed by atoms with Crippen LogP contribution < -0.4 is 5.19 Å². The second-order valence-electron chi connectivity index (χ2n) is 9.20. The molecule has 0 amide bonds. The van der Waals surface area contributed by atoms with E-state index in [2.05, 4.69) is 68.2 Å². The zero-order valence-electron chi connectivity index (χ0n) is 17.0. The highest BCUT2D eigenvalue weighted by Crippen LogP contribution is 2.40. The minimum atomic E-state index is -1.31. The Morgan fingerprint density at radius 2 is 1.75 bits per heavy atom. The van der Waals surface area contributed by atoms with E-state index in [9.17, 15) is 0 Å². The van der Waals surface area contributed by atoms with Crippen molar-refractivity contribution in [2.45, 2.75) is 51.2 Å². The molecule has 3 heteroatoms. The number of rotatable bonds is 3. The quantitative estimate of drug-likeness (QED) is 0.328. The minimum Gasteiger partial charge on any atom is -0.256 e. The van der Waals surface area contributed by atoms with Gasteiger partial charge in [0.25, 0.3) is 0 Å². The summed E-state index contributed by atoms with van der Waals surface area (Å²) in [6.07, 6.45) is 7.41. The summed E-state index contributed by atoms with van der Waals surface area (Å²) in [5, 5.41) is 4.29. The predicted octanol–water partition coefficient (Wildman–Crippen LogP) is 7.32. The van der Waals surface area contributed by atoms with Crippen LogP contribution in [0.2, 0.25) is 19.6 Å². The van der Waals surface area contributed by atoms with Crippen molar-refractivity contribution in [2.24, 2.45) is 0 Å². The third-order valence-corrected chi connectivity index (χ3v) is 9.50. The summed E-state index contributed by atoms with van der Waals surface area (Å²) in [6.45, 7) is 7.27. The molecule has 142 valence electrons. The summed E-state index contributed by atoms with van der Waals surface area (Å²) in [5.41, 5.74) is 3.89. The molecule has 0 N–H and O–H groups in total. The zero-order chi connectivity index (χ0) is 19.3. The van der Waals surface area contributed by atoms with E-state index in [1.807, 2.05) is 17.5 Å². The van der Waals surface area contributed by atoms with Gasteiger partial charge in [-0.15, -0.1) is 11.3 Å². The molecule has 28 heavy (non-hydrogen) atoms. The Morgan fingerprint density at radius 1 is 0.929 bits per heavy atom. The first kappa shape index (κ1) is 18.1. The van der Waals surface area contributed by atoms with Gasteiger partial charge in [-0.05, 0) is 42.5 Å². The van der Waals surface area contributed by atoms with Gasteiger partial charge in [0.05, 0.1) is 13.8 Å². The van der Waals surface area contributed by atoms with Gasteiger partial charge in [0.2, 0.25) is 0 Å². The number of hydrogen-bond donors (Lipinski definition) is 0. The van der Waals surface area contributed by atoms with Crippen LogP contribution in [-0.4, -0.2) is 13.1 Å². The molecule has 0 bridgehead atoms. The summed E-state index contributed by atoms with van der Waals surface area (Å²) >= 11 is 1.93. The lowest BCUT2D eigenvalue weighted by Gasteiger charge is -2.16. The fourth-order valence-corrected chi connectivity index (χ4v) is 7.10. The molecule has 2 aromatic heterocycles. The summed E-state index contributed by atoms with van der Waals surface area (Å²) in [5.74, 6) is 0.725. The Morgan fingerprint density at radius 3 is 2.54 bits per heavy atom. The van der Waals surface area contributed by atoms with Crippen LogP contribution in [0.5, 0.6) is 0 Å². The van der Waals surface area contributed by atoms with Crippen molar-refractivity contribution in [3.05, 3.63) is 60.3 Å². The topological polar surface area (TPSA) is 12.9 Å². The number of hydrogen-bond acceptors (Lipinski definition) is 2. The van der Waals surface area contributed by atoms with Gasteiger partial charge in [-0.2, -0.15) is 0 Å². The second-order valence-corrected chi connectivity index (χ2v) is 15.3. The van der Waals surface area contributed by atoms with E-state index >= 15 is 0 Å². The van der Waals surface area contributed by atoms with Crippen LogP contribution in [0.3, 0.4) is 0 Å². The fourth-order valence-electron chi connectivity index (χ4n) is 4.57. The summed E-state index contributed by atoms with van der Waals surface area (Å²) in [7, 11) is -1.31. The summed E-state index contributed by atoms with van der Waals surface area (Å²) in [6, 6.07) is 18.4. The molecule has 1 saturated carbocycles. The van der Waals surface area contributed by atoms with Crippen LogP contribution in [0.1, 0.15) is 37.2 Å². The number of nitrogens with zero attached hydrogens (tertiary/aromatic N) is 1. The fraction of sp³-hybridized carbons (Fsp3) is 0.320. The molecule has 1 aliphatic carbocycles. The average molecular weight is 402 g/mol. The van der Waals surface area contributed by atoms with Crippen LogP contribution in [0.15, 0.2) is 54.7 Å². The van der Waals surface area contributed by atoms with Gasteiger partial charge in [-0.3, -0.25) is 4.98 Å². The Bertz CT molecular complexity index is 1160. The SMILES string of the molecule is C[Si](C)(C)c1ccc2c(c1)sc1c(-c3cc(C4CCCC4)ccn3)cccc12. The lowest BCUT2D eigenvalue weighted by molar-refractivity contribution is 0.722. The van der Waals surface area contributed by atoms with E-state index in [1.54, 1.807) is 0 Å². The normalized spacial score (nSPS) is 15.7. The zero-order valence-corrected chi connectivity index (χ0v) is 18.8. The molecule has 0 unspecified atom stereocenters. The van der Waals surface area contributed by atoms with Crippen molar-refractivity contribution in [3.8, 4) is 11.3 Å². The summed E-state index contributed by atoms with van der Waals surface area (Å²) in [4.78, 5) is 4.77. The van der Waals surface area contributed by atoms with E-state index < -0.39 is 8.07 Å². The van der Waals surface area contributed by atoms with Crippen LogP contribution in [0.4, 0.5) is 0 Å². The highest BCUT2D eigenvalue weighted by molar-refractivity contribution is 7.26. The van der Waals surface area contributed by atoms with Crippen LogP contribution >= 0.6 is 11.3 Å². The molecule has 0 saturated heterocycles. The van der Waals surface area contributed by atoms with E-state index in [0.717, 1.165) is 11.6 Å². The maximum Gasteiger partial charge on any atom is 0.0776 e. The number of fused-ring (bicyclic) bond motifs is 3. The number of benzene rings is 2. The van der Waals surface area contributed by atoms with Gasteiger partial charge in [-0.25, -0.2) is 0 Å². The minimum absolute atomic E-state index is 0.725. The molecular weight excluding hydrogens is 374 g/mol. The van der Waals surface area contributed by atoms with Gasteiger partial charge in [0.1, 0.15) is 0 Å². The van der Waals surface area contributed by atoms with Gasteiger partial charge in [0, 0.05) is 31.9 Å². The van der Waals surface area contributed by atoms with Gasteiger partial charge in [0.15, 0.2) is 0 Å². The molecular formula is C25H27NSSi. The molecule has 0 radical (unpaired) electrons. The van der Waals surface area contributed by atoms with Crippen molar-refractivity contribution in [1.29, 1.82) is 0 Å². The lowest BCUT2D eigenvalue weighted by atomic mass is 9.96. The summed E-state index contributed by atoms with van der Waals surface area (Å²) < 4.78 is 2.79. The predicted molar refractivity (Wildman–Crippen MR) is 127 cm³/mol. The molecule has 1 aliphatic rings. The number of aromatic nitrogens is 1. The first-order valence-electron chi connectivity index (χ1n) is 10.4. The molecule has 2 heterocycles. The third kappa shape index (κ3) is 3.11. The second kappa shape index (κ2) is 6.82. The monoisotopic (exact) mass is 401 g/mol. The Balaban J connectivity index is 1.67. The van der Waals surface area contributed by atoms with Crippen molar-refractivity contribution < 1.29 is 0 Å². The molecule has 0 atom stereocenters. The van der Waals surface area contributed by atoms with Crippen molar-refractivity contribution >= 4 is 44.8 Å². The third-order valence-electron chi connectivity index (χ3n) is 6.25. The van der Waals surface area contributed by atoms with Crippen LogP contribution in [-0.2, 0) is 0 Å². The van der Waals surface area contributed by atoms with E-state index in [4.69, 9.17) is 4.98 Å². The van der Waals surface area contributed by atoms with Crippen molar-refractivity contribution in [2.75, 3.05) is 0 Å². The maximum absolute atomic E-state index is 4.77. The molecule has 5 rings (SSSR count). The standard InChI is InChI=1S/C25H27NSSi/c1-28(2,3)19-11-12-20-21-9-6-10-22(25(21)27-24(20)16-19)23-15-18(13-14-26-23)17-7-4-5-8-17/h6,9-17H,4-5,7-8H2,1-3H3. The lowest BCUT2D eigenvalue weighted by Crippen LogP contribution is -2.37.